The Bertz CT molecular complexity index is 146. The fraction of sp³-hybridized carbons (Fsp3) is 1.00. The summed E-state index contributed by atoms with van der Waals surface area (Å²) in [6.45, 7) is 6.42. The summed E-state index contributed by atoms with van der Waals surface area (Å²) in [7, 11) is 1.75. The third kappa shape index (κ3) is 4.40. The van der Waals surface area contributed by atoms with Gasteiger partial charge in [-0.25, -0.2) is 0 Å². The first kappa shape index (κ1) is 12.0. The van der Waals surface area contributed by atoms with E-state index in [1.165, 1.54) is 25.8 Å². The highest BCUT2D eigenvalue weighted by Crippen LogP contribution is 2.10. The zero-order valence-corrected chi connectivity index (χ0v) is 9.68. The molecule has 0 saturated carbocycles. The molecule has 0 aliphatic carbocycles. The predicted molar refractivity (Wildman–Crippen MR) is 59.6 cm³/mol. The summed E-state index contributed by atoms with van der Waals surface area (Å²) >= 11 is 0. The van der Waals surface area contributed by atoms with Gasteiger partial charge in [0, 0.05) is 25.2 Å². The first-order valence-corrected chi connectivity index (χ1v) is 5.70. The maximum atomic E-state index is 5.10. The lowest BCUT2D eigenvalue weighted by Gasteiger charge is -2.22. The average molecular weight is 200 g/mol. The molecular weight excluding hydrogens is 176 g/mol. The number of ether oxygens (including phenoxy) is 1. The van der Waals surface area contributed by atoms with Crippen molar-refractivity contribution in [1.29, 1.82) is 0 Å². The van der Waals surface area contributed by atoms with Crippen LogP contribution in [0.5, 0.6) is 0 Å². The maximum absolute atomic E-state index is 5.10. The number of methoxy groups -OCH3 is 1. The molecule has 3 nitrogen and oxygen atoms in total. The molecule has 0 aromatic carbocycles. The Labute approximate surface area is 87.6 Å². The minimum absolute atomic E-state index is 0.455. The van der Waals surface area contributed by atoms with Crippen LogP contribution in [-0.4, -0.2) is 38.4 Å². The fourth-order valence-corrected chi connectivity index (χ4v) is 2.24. The molecule has 1 aliphatic rings. The van der Waals surface area contributed by atoms with Crippen LogP contribution in [-0.2, 0) is 4.74 Å². The summed E-state index contributed by atoms with van der Waals surface area (Å²) in [6, 6.07) is 1.76. The van der Waals surface area contributed by atoms with E-state index in [9.17, 15) is 0 Å². The van der Waals surface area contributed by atoms with Crippen molar-refractivity contribution in [3.8, 4) is 0 Å². The van der Waals surface area contributed by atoms with Crippen LogP contribution >= 0.6 is 0 Å². The quantitative estimate of drug-likeness (QED) is 0.674. The molecule has 3 heteroatoms. The summed E-state index contributed by atoms with van der Waals surface area (Å²) in [6.07, 6.45) is 3.91. The molecule has 2 N–H and O–H groups in total. The second kappa shape index (κ2) is 6.38. The predicted octanol–water partition coefficient (Wildman–Crippen LogP) is 1.14. The molecule has 84 valence electrons. The number of rotatable bonds is 6. The molecule has 0 spiro atoms. The van der Waals surface area contributed by atoms with Crippen molar-refractivity contribution in [3.05, 3.63) is 0 Å². The molecule has 0 aromatic rings. The second-order valence-corrected chi connectivity index (χ2v) is 4.45. The van der Waals surface area contributed by atoms with Gasteiger partial charge >= 0.3 is 0 Å². The molecule has 0 radical (unpaired) electrons. The van der Waals surface area contributed by atoms with Gasteiger partial charge in [0.1, 0.15) is 0 Å². The summed E-state index contributed by atoms with van der Waals surface area (Å²) < 4.78 is 5.10. The molecule has 0 bridgehead atoms. The van der Waals surface area contributed by atoms with E-state index in [4.69, 9.17) is 4.74 Å². The van der Waals surface area contributed by atoms with Gasteiger partial charge in [-0.2, -0.15) is 0 Å². The van der Waals surface area contributed by atoms with Gasteiger partial charge in [-0.15, -0.1) is 0 Å². The summed E-state index contributed by atoms with van der Waals surface area (Å²) in [5, 5.41) is 7.06. The first-order chi connectivity index (χ1) is 6.72. The van der Waals surface area contributed by atoms with Gasteiger partial charge in [0.25, 0.3) is 0 Å². The van der Waals surface area contributed by atoms with E-state index in [1.54, 1.807) is 7.11 Å². The molecule has 1 saturated heterocycles. The van der Waals surface area contributed by atoms with E-state index >= 15 is 0 Å². The lowest BCUT2D eigenvalue weighted by Crippen LogP contribution is -2.40. The van der Waals surface area contributed by atoms with Gasteiger partial charge in [-0.05, 0) is 39.7 Å². The Morgan fingerprint density at radius 3 is 2.79 bits per heavy atom. The molecule has 3 unspecified atom stereocenters. The Morgan fingerprint density at radius 2 is 2.21 bits per heavy atom. The van der Waals surface area contributed by atoms with Gasteiger partial charge < -0.3 is 15.4 Å². The van der Waals surface area contributed by atoms with Crippen LogP contribution < -0.4 is 10.6 Å². The smallest absolute Gasteiger partial charge is 0.0613 e. The van der Waals surface area contributed by atoms with Gasteiger partial charge in [-0.1, -0.05) is 0 Å². The number of hydrogen-bond donors (Lipinski definition) is 2. The molecule has 14 heavy (non-hydrogen) atoms. The Morgan fingerprint density at radius 1 is 1.43 bits per heavy atom. The minimum Gasteiger partial charge on any atom is -0.383 e. The van der Waals surface area contributed by atoms with Crippen molar-refractivity contribution in [2.75, 3.05) is 20.3 Å². The Balaban J connectivity index is 2.10. The van der Waals surface area contributed by atoms with Gasteiger partial charge in [0.05, 0.1) is 6.61 Å². The average Bonchev–Trinajstić information content (AvgIpc) is 2.56. The van der Waals surface area contributed by atoms with E-state index < -0.39 is 0 Å². The minimum atomic E-state index is 0.455. The molecule has 1 aliphatic heterocycles. The summed E-state index contributed by atoms with van der Waals surface area (Å²) in [4.78, 5) is 0. The third-order valence-corrected chi connectivity index (χ3v) is 2.79. The largest absolute Gasteiger partial charge is 0.383 e. The maximum Gasteiger partial charge on any atom is 0.0613 e. The molecule has 3 atom stereocenters. The van der Waals surface area contributed by atoms with Crippen molar-refractivity contribution in [2.45, 2.75) is 51.2 Å². The van der Waals surface area contributed by atoms with Gasteiger partial charge in [-0.3, -0.25) is 0 Å². The highest BCUT2D eigenvalue weighted by atomic mass is 16.5. The zero-order valence-electron chi connectivity index (χ0n) is 9.68. The topological polar surface area (TPSA) is 33.3 Å². The zero-order chi connectivity index (χ0) is 10.4. The van der Waals surface area contributed by atoms with Crippen LogP contribution in [0.3, 0.4) is 0 Å². The molecule has 1 heterocycles. The standard InChI is InChI=1S/C11H24N2O/c1-9(13-10(2)8-14-3)7-11-5-4-6-12-11/h9-13H,4-8H2,1-3H3. The Kier molecular flexibility index (Phi) is 5.45. The number of hydrogen-bond acceptors (Lipinski definition) is 3. The fourth-order valence-electron chi connectivity index (χ4n) is 2.24. The van der Waals surface area contributed by atoms with Crippen LogP contribution in [0.4, 0.5) is 0 Å². The van der Waals surface area contributed by atoms with Crippen LogP contribution in [0.2, 0.25) is 0 Å². The van der Waals surface area contributed by atoms with Crippen molar-refractivity contribution >= 4 is 0 Å². The molecular formula is C11H24N2O. The first-order valence-electron chi connectivity index (χ1n) is 5.70. The molecule has 1 rings (SSSR count). The van der Waals surface area contributed by atoms with Crippen LogP contribution in [0, 0.1) is 0 Å². The van der Waals surface area contributed by atoms with E-state index in [0.717, 1.165) is 12.6 Å². The van der Waals surface area contributed by atoms with E-state index in [-0.39, 0.29) is 0 Å². The molecule has 0 aromatic heterocycles. The highest BCUT2D eigenvalue weighted by Gasteiger charge is 2.17. The second-order valence-electron chi connectivity index (χ2n) is 4.45. The summed E-state index contributed by atoms with van der Waals surface area (Å²) in [5.41, 5.74) is 0. The van der Waals surface area contributed by atoms with Crippen LogP contribution in [0.25, 0.3) is 0 Å². The van der Waals surface area contributed by atoms with Gasteiger partial charge in [0.2, 0.25) is 0 Å². The van der Waals surface area contributed by atoms with E-state index in [1.807, 2.05) is 0 Å². The van der Waals surface area contributed by atoms with Crippen molar-refractivity contribution in [2.24, 2.45) is 0 Å². The van der Waals surface area contributed by atoms with Crippen LogP contribution in [0.1, 0.15) is 33.1 Å². The van der Waals surface area contributed by atoms with Crippen molar-refractivity contribution in [3.63, 3.8) is 0 Å². The number of nitrogens with one attached hydrogen (secondary N) is 2. The third-order valence-electron chi connectivity index (χ3n) is 2.79. The SMILES string of the molecule is COCC(C)NC(C)CC1CCCN1. The van der Waals surface area contributed by atoms with Crippen molar-refractivity contribution < 1.29 is 4.74 Å². The lowest BCUT2D eigenvalue weighted by molar-refractivity contribution is 0.166. The Hall–Kier alpha value is -0.120. The van der Waals surface area contributed by atoms with Crippen LogP contribution in [0.15, 0.2) is 0 Å². The highest BCUT2D eigenvalue weighted by molar-refractivity contribution is 4.79. The van der Waals surface area contributed by atoms with E-state index in [2.05, 4.69) is 24.5 Å². The monoisotopic (exact) mass is 200 g/mol. The summed E-state index contributed by atoms with van der Waals surface area (Å²) in [5.74, 6) is 0. The van der Waals surface area contributed by atoms with Gasteiger partial charge in [0.15, 0.2) is 0 Å². The lowest BCUT2D eigenvalue weighted by atomic mass is 10.1. The van der Waals surface area contributed by atoms with Crippen molar-refractivity contribution in [1.82, 2.24) is 10.6 Å². The van der Waals surface area contributed by atoms with E-state index in [0.29, 0.717) is 12.1 Å². The normalized spacial score (nSPS) is 26.4. The molecule has 0 amide bonds. The molecule has 1 fully saturated rings.